The van der Waals surface area contributed by atoms with Crippen LogP contribution >= 0.6 is 0 Å². The minimum Gasteiger partial charge on any atom is -0.381 e. The SMILES string of the molecule is NC(C(=O)N1CCN(c2cc(F)ccc2F)CC1)C1CCOCC1. The molecule has 1 atom stereocenters. The van der Waals surface area contributed by atoms with E-state index in [-0.39, 0.29) is 17.5 Å². The lowest BCUT2D eigenvalue weighted by molar-refractivity contribution is -0.135. The first-order valence-corrected chi connectivity index (χ1v) is 8.38. The number of nitrogens with zero attached hydrogens (tertiary/aromatic N) is 2. The van der Waals surface area contributed by atoms with Gasteiger partial charge in [-0.15, -0.1) is 0 Å². The van der Waals surface area contributed by atoms with Gasteiger partial charge in [0.25, 0.3) is 0 Å². The van der Waals surface area contributed by atoms with Gasteiger partial charge in [0, 0.05) is 45.5 Å². The van der Waals surface area contributed by atoms with E-state index in [9.17, 15) is 13.6 Å². The number of ether oxygens (including phenoxy) is 1. The molecule has 24 heavy (non-hydrogen) atoms. The van der Waals surface area contributed by atoms with Crippen molar-refractivity contribution in [2.45, 2.75) is 18.9 Å². The van der Waals surface area contributed by atoms with E-state index in [1.807, 2.05) is 0 Å². The summed E-state index contributed by atoms with van der Waals surface area (Å²) in [7, 11) is 0. The lowest BCUT2D eigenvalue weighted by Gasteiger charge is -2.38. The van der Waals surface area contributed by atoms with Gasteiger partial charge in [-0.25, -0.2) is 8.78 Å². The molecule has 1 amide bonds. The highest BCUT2D eigenvalue weighted by Gasteiger charge is 2.31. The topological polar surface area (TPSA) is 58.8 Å². The fraction of sp³-hybridized carbons (Fsp3) is 0.588. The van der Waals surface area contributed by atoms with E-state index in [2.05, 4.69) is 0 Å². The summed E-state index contributed by atoms with van der Waals surface area (Å²) in [5.41, 5.74) is 6.39. The van der Waals surface area contributed by atoms with Crippen LogP contribution in [0.15, 0.2) is 18.2 Å². The summed E-state index contributed by atoms with van der Waals surface area (Å²) in [5.74, 6) is -0.812. The molecular weight excluding hydrogens is 316 g/mol. The van der Waals surface area contributed by atoms with E-state index < -0.39 is 17.7 Å². The quantitative estimate of drug-likeness (QED) is 0.904. The van der Waals surface area contributed by atoms with Crippen LogP contribution in [0.4, 0.5) is 14.5 Å². The summed E-state index contributed by atoms with van der Waals surface area (Å²) in [6.07, 6.45) is 1.61. The van der Waals surface area contributed by atoms with Gasteiger partial charge in [0.15, 0.2) is 0 Å². The van der Waals surface area contributed by atoms with Crippen LogP contribution in [-0.2, 0) is 9.53 Å². The molecule has 3 rings (SSSR count). The third-order valence-corrected chi connectivity index (χ3v) is 4.90. The Kier molecular flexibility index (Phi) is 5.30. The molecule has 7 heteroatoms. The Bertz CT molecular complexity index is 585. The van der Waals surface area contributed by atoms with Gasteiger partial charge in [0.2, 0.25) is 5.91 Å². The number of piperazine rings is 1. The van der Waals surface area contributed by atoms with Crippen molar-refractivity contribution in [3.05, 3.63) is 29.8 Å². The van der Waals surface area contributed by atoms with Gasteiger partial charge in [0.1, 0.15) is 11.6 Å². The zero-order valence-corrected chi connectivity index (χ0v) is 13.6. The molecule has 5 nitrogen and oxygen atoms in total. The molecule has 1 aromatic carbocycles. The molecule has 2 heterocycles. The first-order chi connectivity index (χ1) is 11.6. The van der Waals surface area contributed by atoms with Gasteiger partial charge in [0.05, 0.1) is 11.7 Å². The number of carbonyl (C=O) groups excluding carboxylic acids is 1. The summed E-state index contributed by atoms with van der Waals surface area (Å²) in [4.78, 5) is 16.1. The maximum atomic E-state index is 13.9. The molecule has 132 valence electrons. The predicted molar refractivity (Wildman–Crippen MR) is 86.7 cm³/mol. The van der Waals surface area contributed by atoms with Crippen LogP contribution in [0.5, 0.6) is 0 Å². The predicted octanol–water partition coefficient (Wildman–Crippen LogP) is 1.37. The fourth-order valence-corrected chi connectivity index (χ4v) is 3.38. The lowest BCUT2D eigenvalue weighted by Crippen LogP contribution is -2.55. The van der Waals surface area contributed by atoms with E-state index >= 15 is 0 Å². The molecule has 2 saturated heterocycles. The molecule has 2 fully saturated rings. The summed E-state index contributed by atoms with van der Waals surface area (Å²) in [6, 6.07) is 2.92. The lowest BCUT2D eigenvalue weighted by atomic mass is 9.91. The van der Waals surface area contributed by atoms with Crippen molar-refractivity contribution in [2.75, 3.05) is 44.3 Å². The third-order valence-electron chi connectivity index (χ3n) is 4.90. The highest BCUT2D eigenvalue weighted by Crippen LogP contribution is 2.23. The van der Waals surface area contributed by atoms with Gasteiger partial charge in [-0.05, 0) is 30.9 Å². The van der Waals surface area contributed by atoms with E-state index in [4.69, 9.17) is 10.5 Å². The number of anilines is 1. The number of rotatable bonds is 3. The molecule has 2 aliphatic rings. The van der Waals surface area contributed by atoms with E-state index in [1.165, 1.54) is 6.07 Å². The second-order valence-electron chi connectivity index (χ2n) is 6.38. The standard InChI is InChI=1S/C17H23F2N3O2/c18-13-1-2-14(19)15(11-13)21-5-7-22(8-6-21)17(23)16(20)12-3-9-24-10-4-12/h1-2,11-12,16H,3-10,20H2. The Hall–Kier alpha value is -1.73. The molecule has 0 bridgehead atoms. The van der Waals surface area contributed by atoms with Gasteiger partial charge >= 0.3 is 0 Å². The van der Waals surface area contributed by atoms with Crippen molar-refractivity contribution < 1.29 is 18.3 Å². The number of hydrogen-bond acceptors (Lipinski definition) is 4. The molecular formula is C17H23F2N3O2. The minimum atomic E-state index is -0.508. The highest BCUT2D eigenvalue weighted by atomic mass is 19.1. The van der Waals surface area contributed by atoms with Crippen molar-refractivity contribution in [2.24, 2.45) is 11.7 Å². The third kappa shape index (κ3) is 3.67. The Labute approximate surface area is 140 Å². The van der Waals surface area contributed by atoms with E-state index in [0.717, 1.165) is 25.0 Å². The fourth-order valence-electron chi connectivity index (χ4n) is 3.38. The molecule has 0 radical (unpaired) electrons. The van der Waals surface area contributed by atoms with Crippen molar-refractivity contribution in [1.82, 2.24) is 4.90 Å². The average Bonchev–Trinajstić information content (AvgIpc) is 2.63. The smallest absolute Gasteiger partial charge is 0.239 e. The molecule has 0 spiro atoms. The van der Waals surface area contributed by atoms with Crippen LogP contribution in [-0.4, -0.2) is 56.2 Å². The number of benzene rings is 1. The maximum Gasteiger partial charge on any atom is 0.239 e. The maximum absolute atomic E-state index is 13.9. The van der Waals surface area contributed by atoms with E-state index in [1.54, 1.807) is 9.80 Å². The molecule has 0 aliphatic carbocycles. The van der Waals surface area contributed by atoms with Gasteiger partial charge in [-0.3, -0.25) is 4.79 Å². The second kappa shape index (κ2) is 7.44. The van der Waals surface area contributed by atoms with Crippen molar-refractivity contribution in [3.63, 3.8) is 0 Å². The zero-order chi connectivity index (χ0) is 17.1. The largest absolute Gasteiger partial charge is 0.381 e. The second-order valence-corrected chi connectivity index (χ2v) is 6.38. The molecule has 0 aromatic heterocycles. The van der Waals surface area contributed by atoms with Crippen LogP contribution in [0, 0.1) is 17.6 Å². The van der Waals surface area contributed by atoms with E-state index in [0.29, 0.717) is 39.4 Å². The molecule has 2 aliphatic heterocycles. The van der Waals surface area contributed by atoms with Crippen LogP contribution in [0.1, 0.15) is 12.8 Å². The molecule has 1 aromatic rings. The van der Waals surface area contributed by atoms with Crippen LogP contribution in [0.25, 0.3) is 0 Å². The summed E-state index contributed by atoms with van der Waals surface area (Å²) in [5, 5.41) is 0. The number of hydrogen-bond donors (Lipinski definition) is 1. The minimum absolute atomic E-state index is 0.0544. The van der Waals surface area contributed by atoms with Crippen LogP contribution in [0.2, 0.25) is 0 Å². The first-order valence-electron chi connectivity index (χ1n) is 8.38. The molecule has 0 saturated carbocycles. The van der Waals surface area contributed by atoms with Gasteiger partial charge in [-0.1, -0.05) is 0 Å². The number of halogens is 2. The Balaban J connectivity index is 1.58. The summed E-state index contributed by atoms with van der Waals surface area (Å²) in [6.45, 7) is 3.16. The van der Waals surface area contributed by atoms with Crippen LogP contribution in [0.3, 0.4) is 0 Å². The monoisotopic (exact) mass is 339 g/mol. The zero-order valence-electron chi connectivity index (χ0n) is 13.6. The number of amides is 1. The normalized spacial score (nSPS) is 21.0. The number of carbonyl (C=O) groups is 1. The van der Waals surface area contributed by atoms with Crippen molar-refractivity contribution in [1.29, 1.82) is 0 Å². The van der Waals surface area contributed by atoms with Crippen molar-refractivity contribution >= 4 is 11.6 Å². The summed E-state index contributed by atoms with van der Waals surface area (Å²) < 4.78 is 32.5. The highest BCUT2D eigenvalue weighted by molar-refractivity contribution is 5.82. The Morgan fingerprint density at radius 2 is 1.83 bits per heavy atom. The summed E-state index contributed by atoms with van der Waals surface area (Å²) >= 11 is 0. The van der Waals surface area contributed by atoms with Crippen LogP contribution < -0.4 is 10.6 Å². The Morgan fingerprint density at radius 3 is 2.50 bits per heavy atom. The van der Waals surface area contributed by atoms with Crippen molar-refractivity contribution in [3.8, 4) is 0 Å². The molecule has 1 unspecified atom stereocenters. The first kappa shape index (κ1) is 17.1. The Morgan fingerprint density at radius 1 is 1.17 bits per heavy atom. The molecule has 2 N–H and O–H groups in total. The van der Waals surface area contributed by atoms with Gasteiger partial charge in [-0.2, -0.15) is 0 Å². The average molecular weight is 339 g/mol. The number of nitrogens with two attached hydrogens (primary N) is 1. The van der Waals surface area contributed by atoms with Gasteiger partial charge < -0.3 is 20.3 Å².